The Morgan fingerprint density at radius 2 is 2.05 bits per heavy atom. The van der Waals surface area contributed by atoms with E-state index in [1.54, 1.807) is 11.4 Å². The molecule has 0 aliphatic carbocycles. The number of hydrogen-bond acceptors (Lipinski definition) is 5. The zero-order valence-corrected chi connectivity index (χ0v) is 15.1. The van der Waals surface area contributed by atoms with Gasteiger partial charge in [0.1, 0.15) is 11.3 Å². The molecule has 2 aliphatic heterocycles. The average Bonchev–Trinajstić information content (AvgIpc) is 2.48. The van der Waals surface area contributed by atoms with Crippen molar-refractivity contribution >= 4 is 38.6 Å². The van der Waals surface area contributed by atoms with Crippen molar-refractivity contribution in [3.05, 3.63) is 29.8 Å². The lowest BCUT2D eigenvalue weighted by atomic mass is 9.88. The molecule has 3 rings (SSSR count). The van der Waals surface area contributed by atoms with Gasteiger partial charge in [0.25, 0.3) is 0 Å². The molecule has 8 heteroatoms. The largest absolute Gasteiger partial charge is 0.497 e. The van der Waals surface area contributed by atoms with Crippen LogP contribution in [0.2, 0.25) is 0 Å². The Hall–Kier alpha value is -0.710. The van der Waals surface area contributed by atoms with Gasteiger partial charge in [-0.1, -0.05) is 12.1 Å². The summed E-state index contributed by atoms with van der Waals surface area (Å²) in [6.45, 7) is 1.08. The number of ether oxygens (including phenoxy) is 2. The first-order chi connectivity index (χ1) is 10.5. The molecular weight excluding hydrogens is 419 g/mol. The van der Waals surface area contributed by atoms with Gasteiger partial charge in [0, 0.05) is 13.0 Å². The summed E-state index contributed by atoms with van der Waals surface area (Å²) in [7, 11) is -1.71. The Bertz CT molecular complexity index is 683. The minimum absolute atomic E-state index is 0.104. The highest BCUT2D eigenvalue weighted by Crippen LogP contribution is 2.37. The van der Waals surface area contributed by atoms with E-state index < -0.39 is 15.6 Å². The maximum Gasteiger partial charge on any atom is 0.215 e. The summed E-state index contributed by atoms with van der Waals surface area (Å²) in [5.74, 6) is 0.855. The zero-order chi connectivity index (χ0) is 15.8. The number of halogens is 1. The van der Waals surface area contributed by atoms with E-state index in [0.717, 1.165) is 17.0 Å². The van der Waals surface area contributed by atoms with Crippen LogP contribution in [0, 0.1) is 0 Å². The molecule has 22 heavy (non-hydrogen) atoms. The molecule has 2 aliphatic rings. The Labute approximate surface area is 144 Å². The molecule has 0 unspecified atom stereocenters. The molecule has 2 fully saturated rings. The Balaban J connectivity index is 1.93. The monoisotopic (exact) mass is 436 g/mol. The van der Waals surface area contributed by atoms with Gasteiger partial charge in [-0.15, -0.1) is 0 Å². The molecular formula is C14H17IN2O4S. The van der Waals surface area contributed by atoms with Crippen molar-refractivity contribution < 1.29 is 17.9 Å². The quantitative estimate of drug-likeness (QED) is 0.678. The second-order valence-electron chi connectivity index (χ2n) is 5.48. The lowest BCUT2D eigenvalue weighted by Gasteiger charge is -2.51. The van der Waals surface area contributed by atoms with Gasteiger partial charge in [-0.05, 0) is 17.7 Å². The van der Waals surface area contributed by atoms with E-state index in [9.17, 15) is 8.42 Å². The summed E-state index contributed by atoms with van der Waals surface area (Å²) in [4.78, 5) is 0. The van der Waals surface area contributed by atoms with E-state index >= 15 is 0 Å². The van der Waals surface area contributed by atoms with Crippen LogP contribution in [0.5, 0.6) is 5.75 Å². The van der Waals surface area contributed by atoms with Gasteiger partial charge < -0.3 is 9.47 Å². The van der Waals surface area contributed by atoms with Crippen LogP contribution in [-0.4, -0.2) is 50.1 Å². The molecule has 0 amide bonds. The fraction of sp³-hybridized carbons (Fsp3) is 0.500. The van der Waals surface area contributed by atoms with Crippen molar-refractivity contribution in [2.45, 2.75) is 18.5 Å². The SMILES string of the molecule is COc1ccc(CN2C3(COC3)C(=NI)CCS2(=O)=O)cc1. The zero-order valence-electron chi connectivity index (χ0n) is 12.2. The smallest absolute Gasteiger partial charge is 0.215 e. The van der Waals surface area contributed by atoms with E-state index in [-0.39, 0.29) is 5.75 Å². The highest BCUT2D eigenvalue weighted by atomic mass is 127. The first-order valence-electron chi connectivity index (χ1n) is 6.91. The average molecular weight is 436 g/mol. The molecule has 1 spiro atoms. The third kappa shape index (κ3) is 2.66. The summed E-state index contributed by atoms with van der Waals surface area (Å²) in [6.07, 6.45) is 0.480. The first-order valence-corrected chi connectivity index (χ1v) is 9.49. The van der Waals surface area contributed by atoms with Crippen LogP contribution in [0.3, 0.4) is 0 Å². The van der Waals surface area contributed by atoms with Gasteiger partial charge in [-0.25, -0.2) is 11.6 Å². The standard InChI is InChI=1S/C14H17IN2O4S/c1-20-12-4-2-11(3-5-12)8-17-14(9-21-10-14)13(16-15)6-7-22(17,18)19/h2-5H,6-10H2,1H3. The molecule has 0 saturated carbocycles. The van der Waals surface area contributed by atoms with Crippen molar-refractivity contribution in [3.63, 3.8) is 0 Å². The van der Waals surface area contributed by atoms with Crippen LogP contribution >= 0.6 is 22.9 Å². The minimum Gasteiger partial charge on any atom is -0.497 e. The lowest BCUT2D eigenvalue weighted by Crippen LogP contribution is -2.70. The summed E-state index contributed by atoms with van der Waals surface area (Å²) >= 11 is 1.95. The molecule has 2 heterocycles. The number of methoxy groups -OCH3 is 1. The van der Waals surface area contributed by atoms with Gasteiger partial charge in [0.15, 0.2) is 0 Å². The van der Waals surface area contributed by atoms with Crippen molar-refractivity contribution in [2.75, 3.05) is 26.1 Å². The summed E-state index contributed by atoms with van der Waals surface area (Å²) in [5, 5.41) is 0. The van der Waals surface area contributed by atoms with Crippen molar-refractivity contribution in [2.24, 2.45) is 3.21 Å². The third-order valence-electron chi connectivity index (χ3n) is 4.22. The molecule has 1 aromatic carbocycles. The van der Waals surface area contributed by atoms with Crippen LogP contribution in [0.25, 0.3) is 0 Å². The second kappa shape index (κ2) is 6.06. The van der Waals surface area contributed by atoms with E-state index in [1.807, 2.05) is 47.1 Å². The van der Waals surface area contributed by atoms with Crippen molar-refractivity contribution in [3.8, 4) is 5.75 Å². The van der Waals surface area contributed by atoms with Gasteiger partial charge in [-0.3, -0.25) is 0 Å². The number of sulfonamides is 1. The van der Waals surface area contributed by atoms with Crippen LogP contribution in [0.4, 0.5) is 0 Å². The fourth-order valence-electron chi connectivity index (χ4n) is 2.85. The lowest BCUT2D eigenvalue weighted by molar-refractivity contribution is -0.0759. The number of benzene rings is 1. The molecule has 0 N–H and O–H groups in total. The maximum atomic E-state index is 12.6. The first kappa shape index (κ1) is 16.2. The highest BCUT2D eigenvalue weighted by molar-refractivity contribution is 14.1. The summed E-state index contributed by atoms with van der Waals surface area (Å²) in [6, 6.07) is 7.44. The van der Waals surface area contributed by atoms with Gasteiger partial charge in [0.05, 0.1) is 54.7 Å². The topological polar surface area (TPSA) is 68.2 Å². The molecule has 0 aromatic heterocycles. The molecule has 0 bridgehead atoms. The number of rotatable bonds is 3. The van der Waals surface area contributed by atoms with Crippen molar-refractivity contribution in [1.29, 1.82) is 0 Å². The molecule has 0 atom stereocenters. The van der Waals surface area contributed by atoms with E-state index in [2.05, 4.69) is 3.21 Å². The van der Waals surface area contributed by atoms with Crippen LogP contribution < -0.4 is 4.74 Å². The minimum atomic E-state index is -3.31. The maximum absolute atomic E-state index is 12.6. The summed E-state index contributed by atoms with van der Waals surface area (Å²) < 4.78 is 41.5. The molecule has 2 saturated heterocycles. The normalized spacial score (nSPS) is 25.1. The molecule has 6 nitrogen and oxygen atoms in total. The predicted octanol–water partition coefficient (Wildman–Crippen LogP) is 1.79. The predicted molar refractivity (Wildman–Crippen MR) is 91.9 cm³/mol. The molecule has 1 aromatic rings. The third-order valence-corrected chi connectivity index (χ3v) is 6.67. The summed E-state index contributed by atoms with van der Waals surface area (Å²) in [5.41, 5.74) is 1.23. The molecule has 120 valence electrons. The van der Waals surface area contributed by atoms with Gasteiger partial charge in [-0.2, -0.15) is 4.31 Å². The van der Waals surface area contributed by atoms with Gasteiger partial charge >= 0.3 is 0 Å². The van der Waals surface area contributed by atoms with Crippen LogP contribution in [-0.2, 0) is 21.3 Å². The highest BCUT2D eigenvalue weighted by Gasteiger charge is 2.55. The van der Waals surface area contributed by atoms with E-state index in [1.165, 1.54) is 0 Å². The van der Waals surface area contributed by atoms with Crippen molar-refractivity contribution in [1.82, 2.24) is 4.31 Å². The number of hydrogen-bond donors (Lipinski definition) is 0. The van der Waals surface area contributed by atoms with E-state index in [0.29, 0.717) is 26.2 Å². The Morgan fingerprint density at radius 3 is 2.55 bits per heavy atom. The van der Waals surface area contributed by atoms with E-state index in [4.69, 9.17) is 9.47 Å². The fourth-order valence-corrected chi connectivity index (χ4v) is 5.30. The Kier molecular flexibility index (Phi) is 4.45. The van der Waals surface area contributed by atoms with Crippen LogP contribution in [0.15, 0.2) is 27.5 Å². The number of nitrogens with zero attached hydrogens (tertiary/aromatic N) is 2. The second-order valence-corrected chi connectivity index (χ2v) is 7.97. The van der Waals surface area contributed by atoms with Gasteiger partial charge in [0.2, 0.25) is 10.0 Å². The molecule has 0 radical (unpaired) electrons. The van der Waals surface area contributed by atoms with Crippen LogP contribution in [0.1, 0.15) is 12.0 Å². The Morgan fingerprint density at radius 1 is 1.36 bits per heavy atom.